The number of carbonyl (C=O) groups is 1. The van der Waals surface area contributed by atoms with Crippen LogP contribution in [0.3, 0.4) is 0 Å². The number of pyridine rings is 1. The number of hydrogen-bond acceptors (Lipinski definition) is 4. The maximum atomic E-state index is 12.7. The van der Waals surface area contributed by atoms with E-state index < -0.39 is 0 Å². The number of hydrogen-bond donors (Lipinski definition) is 2. The van der Waals surface area contributed by atoms with Gasteiger partial charge < -0.3 is 10.3 Å². The molecule has 0 unspecified atom stereocenters. The van der Waals surface area contributed by atoms with Gasteiger partial charge >= 0.3 is 0 Å². The maximum absolute atomic E-state index is 12.7. The van der Waals surface area contributed by atoms with Gasteiger partial charge in [0.1, 0.15) is 11.5 Å². The zero-order valence-electron chi connectivity index (χ0n) is 14.8. The Kier molecular flexibility index (Phi) is 4.49. The third-order valence-electron chi connectivity index (χ3n) is 4.16. The van der Waals surface area contributed by atoms with Gasteiger partial charge in [0.25, 0.3) is 5.91 Å². The lowest BCUT2D eigenvalue weighted by atomic mass is 10.1. The molecule has 4 rings (SSSR count). The predicted octanol–water partition coefficient (Wildman–Crippen LogP) is 2.80. The number of nitrogens with zero attached hydrogens (tertiary/aromatic N) is 4. The van der Waals surface area contributed by atoms with Gasteiger partial charge in [-0.15, -0.1) is 0 Å². The number of imidazole rings is 1. The maximum Gasteiger partial charge on any atom is 0.255 e. The summed E-state index contributed by atoms with van der Waals surface area (Å²) < 4.78 is 1.63. The summed E-state index contributed by atoms with van der Waals surface area (Å²) in [7, 11) is 1.79. The van der Waals surface area contributed by atoms with Crippen molar-refractivity contribution in [3.8, 4) is 22.5 Å². The van der Waals surface area contributed by atoms with Crippen LogP contribution in [0.15, 0.2) is 67.3 Å². The van der Waals surface area contributed by atoms with Crippen LogP contribution in [-0.2, 0) is 13.6 Å². The average molecular weight is 358 g/mol. The van der Waals surface area contributed by atoms with Crippen LogP contribution in [-0.4, -0.2) is 30.6 Å². The predicted molar refractivity (Wildman–Crippen MR) is 102 cm³/mol. The van der Waals surface area contributed by atoms with E-state index in [2.05, 4.69) is 25.4 Å². The summed E-state index contributed by atoms with van der Waals surface area (Å²) in [6, 6.07) is 13.6. The topological polar surface area (TPSA) is 88.5 Å². The molecule has 134 valence electrons. The molecule has 7 nitrogen and oxygen atoms in total. The first-order valence-electron chi connectivity index (χ1n) is 8.52. The van der Waals surface area contributed by atoms with Gasteiger partial charge in [-0.3, -0.25) is 14.5 Å². The fourth-order valence-corrected chi connectivity index (χ4v) is 2.85. The second kappa shape index (κ2) is 7.25. The minimum absolute atomic E-state index is 0.201. The molecule has 4 aromatic rings. The summed E-state index contributed by atoms with van der Waals surface area (Å²) in [6.45, 7) is 0.302. The molecule has 0 atom stereocenters. The summed E-state index contributed by atoms with van der Waals surface area (Å²) in [6.07, 6.45) is 6.84. The molecule has 1 amide bonds. The van der Waals surface area contributed by atoms with Crippen molar-refractivity contribution >= 4 is 5.91 Å². The fraction of sp³-hybridized carbons (Fsp3) is 0.100. The molecule has 0 aliphatic heterocycles. The highest BCUT2D eigenvalue weighted by Crippen LogP contribution is 2.21. The Hall–Kier alpha value is -3.74. The third-order valence-corrected chi connectivity index (χ3v) is 4.16. The highest BCUT2D eigenvalue weighted by molar-refractivity contribution is 5.99. The molecule has 0 fully saturated rings. The molecule has 0 radical (unpaired) electrons. The van der Waals surface area contributed by atoms with Crippen molar-refractivity contribution in [2.75, 3.05) is 0 Å². The van der Waals surface area contributed by atoms with E-state index in [1.807, 2.05) is 42.5 Å². The molecule has 0 saturated heterocycles. The Morgan fingerprint density at radius 2 is 1.89 bits per heavy atom. The SMILES string of the molecule is Cn1cc(C(=O)NCc2ncc(-c3ccccc3)[nH]2)c(-c2ccncc2)n1. The minimum Gasteiger partial charge on any atom is -0.345 e. The lowest BCUT2D eigenvalue weighted by Crippen LogP contribution is -2.23. The lowest BCUT2D eigenvalue weighted by Gasteiger charge is -2.04. The molecule has 7 heteroatoms. The number of H-pyrrole nitrogens is 1. The number of rotatable bonds is 5. The number of aromatic nitrogens is 5. The minimum atomic E-state index is -0.201. The van der Waals surface area contributed by atoms with E-state index >= 15 is 0 Å². The zero-order valence-corrected chi connectivity index (χ0v) is 14.8. The summed E-state index contributed by atoms with van der Waals surface area (Å²) in [5.74, 6) is 0.490. The van der Waals surface area contributed by atoms with Crippen molar-refractivity contribution in [1.82, 2.24) is 30.0 Å². The highest BCUT2D eigenvalue weighted by Gasteiger charge is 2.17. The van der Waals surface area contributed by atoms with E-state index in [0.29, 0.717) is 23.6 Å². The van der Waals surface area contributed by atoms with Crippen LogP contribution < -0.4 is 5.32 Å². The van der Waals surface area contributed by atoms with Crippen molar-refractivity contribution < 1.29 is 4.79 Å². The van der Waals surface area contributed by atoms with Crippen molar-refractivity contribution in [2.24, 2.45) is 7.05 Å². The highest BCUT2D eigenvalue weighted by atomic mass is 16.1. The molecule has 1 aromatic carbocycles. The van der Waals surface area contributed by atoms with Gasteiger partial charge in [0, 0.05) is 31.2 Å². The first-order chi connectivity index (χ1) is 13.2. The molecule has 0 saturated carbocycles. The second-order valence-electron chi connectivity index (χ2n) is 6.09. The molecular weight excluding hydrogens is 340 g/mol. The van der Waals surface area contributed by atoms with Gasteiger partial charge in [-0.25, -0.2) is 4.98 Å². The summed E-state index contributed by atoms with van der Waals surface area (Å²) in [4.78, 5) is 24.3. The summed E-state index contributed by atoms with van der Waals surface area (Å²) in [5, 5.41) is 7.31. The van der Waals surface area contributed by atoms with Gasteiger partial charge in [0.15, 0.2) is 0 Å². The van der Waals surface area contributed by atoms with Crippen LogP contribution in [0.1, 0.15) is 16.2 Å². The number of benzene rings is 1. The number of aryl methyl sites for hydroxylation is 1. The average Bonchev–Trinajstić information content (AvgIpc) is 3.34. The molecule has 27 heavy (non-hydrogen) atoms. The number of nitrogens with one attached hydrogen (secondary N) is 2. The van der Waals surface area contributed by atoms with E-state index in [4.69, 9.17) is 0 Å². The van der Waals surface area contributed by atoms with Gasteiger partial charge in [-0.2, -0.15) is 5.10 Å². The summed E-state index contributed by atoms with van der Waals surface area (Å²) >= 11 is 0. The van der Waals surface area contributed by atoms with Crippen molar-refractivity contribution in [2.45, 2.75) is 6.54 Å². The van der Waals surface area contributed by atoms with E-state index in [9.17, 15) is 4.79 Å². The number of amides is 1. The number of aromatic amines is 1. The largest absolute Gasteiger partial charge is 0.345 e. The van der Waals surface area contributed by atoms with E-state index in [1.165, 1.54) is 0 Å². The molecule has 0 aliphatic rings. The van der Waals surface area contributed by atoms with Crippen LogP contribution in [0.4, 0.5) is 0 Å². The van der Waals surface area contributed by atoms with Gasteiger partial charge in [0.05, 0.1) is 24.0 Å². The normalized spacial score (nSPS) is 10.7. The molecule has 0 bridgehead atoms. The van der Waals surface area contributed by atoms with Gasteiger partial charge in [0.2, 0.25) is 0 Å². The van der Waals surface area contributed by atoms with E-state index in [0.717, 1.165) is 16.8 Å². The smallest absolute Gasteiger partial charge is 0.255 e. The summed E-state index contributed by atoms with van der Waals surface area (Å²) in [5.41, 5.74) is 3.95. The van der Waals surface area contributed by atoms with Crippen LogP contribution in [0.2, 0.25) is 0 Å². The van der Waals surface area contributed by atoms with E-state index in [-0.39, 0.29) is 5.91 Å². The molecule has 3 heterocycles. The lowest BCUT2D eigenvalue weighted by molar-refractivity contribution is 0.0950. The Labute approximate surface area is 156 Å². The van der Waals surface area contributed by atoms with Crippen LogP contribution in [0, 0.1) is 0 Å². The van der Waals surface area contributed by atoms with Crippen LogP contribution in [0.5, 0.6) is 0 Å². The molecule has 0 aliphatic carbocycles. The monoisotopic (exact) mass is 358 g/mol. The zero-order chi connectivity index (χ0) is 18.6. The molecule has 2 N–H and O–H groups in total. The van der Waals surface area contributed by atoms with Crippen LogP contribution in [0.25, 0.3) is 22.5 Å². The van der Waals surface area contributed by atoms with Crippen molar-refractivity contribution in [3.05, 3.63) is 78.6 Å². The number of carbonyl (C=O) groups excluding carboxylic acids is 1. The van der Waals surface area contributed by atoms with Crippen molar-refractivity contribution in [1.29, 1.82) is 0 Å². The Bertz CT molecular complexity index is 1050. The second-order valence-corrected chi connectivity index (χ2v) is 6.09. The Morgan fingerprint density at radius 1 is 1.11 bits per heavy atom. The molecule has 0 spiro atoms. The van der Waals surface area contributed by atoms with Gasteiger partial charge in [-0.1, -0.05) is 30.3 Å². The standard InChI is InChI=1S/C20H18N6O/c1-26-13-16(19(25-26)15-7-9-21-10-8-15)20(27)23-12-18-22-11-17(24-18)14-5-3-2-4-6-14/h2-11,13H,12H2,1H3,(H,22,24)(H,23,27). The Balaban J connectivity index is 1.49. The van der Waals surface area contributed by atoms with Crippen LogP contribution >= 0.6 is 0 Å². The Morgan fingerprint density at radius 3 is 2.67 bits per heavy atom. The molecular formula is C20H18N6O. The third kappa shape index (κ3) is 3.62. The fourth-order valence-electron chi connectivity index (χ4n) is 2.85. The van der Waals surface area contributed by atoms with E-state index in [1.54, 1.807) is 36.5 Å². The van der Waals surface area contributed by atoms with Gasteiger partial charge in [-0.05, 0) is 17.7 Å². The first kappa shape index (κ1) is 16.7. The quantitative estimate of drug-likeness (QED) is 0.574. The van der Waals surface area contributed by atoms with Crippen molar-refractivity contribution in [3.63, 3.8) is 0 Å². The first-order valence-corrected chi connectivity index (χ1v) is 8.52. The molecule has 3 aromatic heterocycles.